The van der Waals surface area contributed by atoms with Crippen molar-refractivity contribution in [2.45, 2.75) is 13.8 Å². The highest BCUT2D eigenvalue weighted by atomic mass is 16.5. The van der Waals surface area contributed by atoms with E-state index in [1.165, 1.54) is 10.8 Å². The Morgan fingerprint density at radius 2 is 1.79 bits per heavy atom. The van der Waals surface area contributed by atoms with E-state index in [2.05, 4.69) is 10.6 Å². The zero-order valence-corrected chi connectivity index (χ0v) is 19.2. The number of nitrogens with one attached hydrogen (secondary N) is 2. The molecule has 1 aromatic heterocycles. The predicted molar refractivity (Wildman–Crippen MR) is 129 cm³/mol. The van der Waals surface area contributed by atoms with Crippen LogP contribution < -0.4 is 20.9 Å². The minimum Gasteiger partial charge on any atom is -0.484 e. The van der Waals surface area contributed by atoms with Gasteiger partial charge in [-0.3, -0.25) is 19.1 Å². The average molecular weight is 460 g/mol. The fraction of sp³-hybridized carbons (Fsp3) is 0.200. The van der Waals surface area contributed by atoms with Crippen LogP contribution in [0.25, 0.3) is 11.8 Å². The lowest BCUT2D eigenvalue weighted by atomic mass is 10.1. The number of ether oxygens (including phenoxy) is 1. The zero-order valence-electron chi connectivity index (χ0n) is 19.2. The van der Waals surface area contributed by atoms with Gasteiger partial charge < -0.3 is 15.4 Å². The van der Waals surface area contributed by atoms with Gasteiger partial charge in [0.2, 0.25) is 0 Å². The molecule has 2 aromatic carbocycles. The van der Waals surface area contributed by atoms with Gasteiger partial charge in [0.05, 0.1) is 11.4 Å². The first kappa shape index (κ1) is 24.1. The van der Waals surface area contributed by atoms with Crippen LogP contribution in [0.3, 0.4) is 0 Å². The molecule has 0 unspecified atom stereocenters. The van der Waals surface area contributed by atoms with Crippen molar-refractivity contribution in [3.63, 3.8) is 0 Å². The minimum absolute atomic E-state index is 0.103. The predicted octanol–water partition coefficient (Wildman–Crippen LogP) is 2.55. The van der Waals surface area contributed by atoms with Crippen molar-refractivity contribution in [2.75, 3.05) is 18.5 Å². The van der Waals surface area contributed by atoms with Crippen molar-refractivity contribution in [1.29, 1.82) is 5.26 Å². The van der Waals surface area contributed by atoms with Crippen LogP contribution in [0.5, 0.6) is 5.75 Å². The summed E-state index contributed by atoms with van der Waals surface area (Å²) in [5.41, 5.74) is 1.34. The SMILES string of the molecule is CCNC(=O)COc1ccc(/C=C(/C#N)C(=O)Nc2c(C)n(C)n(-c3ccccc3)c2=O)cc1. The molecule has 0 saturated heterocycles. The Morgan fingerprint density at radius 1 is 1.12 bits per heavy atom. The summed E-state index contributed by atoms with van der Waals surface area (Å²) in [6.45, 7) is 3.95. The van der Waals surface area contributed by atoms with Crippen molar-refractivity contribution in [2.24, 2.45) is 7.05 Å². The number of hydrogen-bond acceptors (Lipinski definition) is 5. The van der Waals surface area contributed by atoms with Crippen molar-refractivity contribution < 1.29 is 14.3 Å². The summed E-state index contributed by atoms with van der Waals surface area (Å²) in [5, 5.41) is 14.7. The summed E-state index contributed by atoms with van der Waals surface area (Å²) in [5.74, 6) is -0.435. The van der Waals surface area contributed by atoms with Crippen LogP contribution in [-0.4, -0.2) is 34.3 Å². The highest BCUT2D eigenvalue weighted by molar-refractivity contribution is 6.09. The molecule has 0 aliphatic rings. The standard InChI is InChI=1S/C25H25N5O4/c1-4-27-22(31)16-34-21-12-10-18(11-13-21)14-19(15-26)24(32)28-23-17(2)29(3)30(25(23)33)20-8-6-5-7-9-20/h5-14H,4,16H2,1-3H3,(H,27,31)(H,28,32)/b19-14-. The summed E-state index contributed by atoms with van der Waals surface area (Å²) in [6, 6.07) is 17.5. The number of likely N-dealkylation sites (N-methyl/N-ethyl adjacent to an activating group) is 1. The van der Waals surface area contributed by atoms with Gasteiger partial charge in [-0.1, -0.05) is 30.3 Å². The lowest BCUT2D eigenvalue weighted by Gasteiger charge is -2.07. The van der Waals surface area contributed by atoms with E-state index in [1.807, 2.05) is 31.2 Å². The molecule has 174 valence electrons. The normalized spacial score (nSPS) is 10.9. The second kappa shape index (κ2) is 10.8. The Labute approximate surface area is 196 Å². The van der Waals surface area contributed by atoms with E-state index in [0.29, 0.717) is 29.2 Å². The Hall–Kier alpha value is -4.58. The van der Waals surface area contributed by atoms with Gasteiger partial charge >= 0.3 is 0 Å². The first-order valence-electron chi connectivity index (χ1n) is 10.6. The molecule has 2 amide bonds. The summed E-state index contributed by atoms with van der Waals surface area (Å²) in [7, 11) is 1.72. The molecule has 0 bridgehead atoms. The third-order valence-corrected chi connectivity index (χ3v) is 5.09. The molecule has 9 nitrogen and oxygen atoms in total. The maximum Gasteiger partial charge on any atom is 0.295 e. The van der Waals surface area contributed by atoms with Gasteiger partial charge in [0.1, 0.15) is 23.1 Å². The largest absolute Gasteiger partial charge is 0.484 e. The molecule has 3 aromatic rings. The smallest absolute Gasteiger partial charge is 0.295 e. The number of benzene rings is 2. The molecule has 2 N–H and O–H groups in total. The molecule has 0 aliphatic heterocycles. The number of nitrogens with zero attached hydrogens (tertiary/aromatic N) is 3. The highest BCUT2D eigenvalue weighted by Gasteiger charge is 2.20. The van der Waals surface area contributed by atoms with Crippen LogP contribution >= 0.6 is 0 Å². The lowest BCUT2D eigenvalue weighted by Crippen LogP contribution is -2.28. The molecule has 0 saturated carbocycles. The van der Waals surface area contributed by atoms with Crippen LogP contribution in [0, 0.1) is 18.3 Å². The van der Waals surface area contributed by atoms with E-state index in [-0.39, 0.29) is 23.8 Å². The molecule has 0 radical (unpaired) electrons. The Morgan fingerprint density at radius 3 is 2.41 bits per heavy atom. The minimum atomic E-state index is -0.690. The third kappa shape index (κ3) is 5.42. The fourth-order valence-corrected chi connectivity index (χ4v) is 3.27. The first-order chi connectivity index (χ1) is 16.3. The van der Waals surface area contributed by atoms with Crippen LogP contribution in [0.2, 0.25) is 0 Å². The molecule has 0 aliphatic carbocycles. The van der Waals surface area contributed by atoms with E-state index >= 15 is 0 Å². The maximum absolute atomic E-state index is 13.0. The lowest BCUT2D eigenvalue weighted by molar-refractivity contribution is -0.123. The number of anilines is 1. The van der Waals surface area contributed by atoms with Crippen molar-refractivity contribution in [1.82, 2.24) is 14.7 Å². The van der Waals surface area contributed by atoms with Gasteiger partial charge in [-0.25, -0.2) is 4.68 Å². The van der Waals surface area contributed by atoms with Crippen molar-refractivity contribution >= 4 is 23.6 Å². The van der Waals surface area contributed by atoms with E-state index in [1.54, 1.807) is 55.1 Å². The number of para-hydroxylation sites is 1. The number of rotatable bonds is 8. The zero-order chi connectivity index (χ0) is 24.7. The van der Waals surface area contributed by atoms with E-state index in [4.69, 9.17) is 4.74 Å². The molecule has 0 atom stereocenters. The molecular formula is C25H25N5O4. The molecular weight excluding hydrogens is 434 g/mol. The van der Waals surface area contributed by atoms with Crippen LogP contribution in [0.15, 0.2) is 65.0 Å². The molecule has 34 heavy (non-hydrogen) atoms. The Balaban J connectivity index is 1.77. The van der Waals surface area contributed by atoms with Gasteiger partial charge in [-0.05, 0) is 49.8 Å². The number of carbonyl (C=O) groups excluding carboxylic acids is 2. The summed E-state index contributed by atoms with van der Waals surface area (Å²) < 4.78 is 8.48. The molecule has 0 spiro atoms. The Kier molecular flexibility index (Phi) is 7.67. The quantitative estimate of drug-likeness (QED) is 0.396. The van der Waals surface area contributed by atoms with Crippen LogP contribution in [0.4, 0.5) is 5.69 Å². The molecule has 3 rings (SSSR count). The molecule has 1 heterocycles. The van der Waals surface area contributed by atoms with Crippen molar-refractivity contribution in [3.05, 3.63) is 81.8 Å². The van der Waals surface area contributed by atoms with Gasteiger partial charge in [-0.15, -0.1) is 0 Å². The van der Waals surface area contributed by atoms with Crippen LogP contribution in [0.1, 0.15) is 18.2 Å². The second-order valence-electron chi connectivity index (χ2n) is 7.37. The van der Waals surface area contributed by atoms with Crippen molar-refractivity contribution in [3.8, 4) is 17.5 Å². The highest BCUT2D eigenvalue weighted by Crippen LogP contribution is 2.17. The number of aromatic nitrogens is 2. The topological polar surface area (TPSA) is 118 Å². The molecule has 0 fully saturated rings. The summed E-state index contributed by atoms with van der Waals surface area (Å²) in [4.78, 5) is 37.3. The number of amides is 2. The fourth-order valence-electron chi connectivity index (χ4n) is 3.27. The van der Waals surface area contributed by atoms with Crippen LogP contribution in [-0.2, 0) is 16.6 Å². The average Bonchev–Trinajstić information content (AvgIpc) is 3.05. The number of carbonyl (C=O) groups is 2. The second-order valence-corrected chi connectivity index (χ2v) is 7.37. The first-order valence-corrected chi connectivity index (χ1v) is 10.6. The Bertz CT molecular complexity index is 1310. The monoisotopic (exact) mass is 459 g/mol. The van der Waals surface area contributed by atoms with E-state index < -0.39 is 11.5 Å². The van der Waals surface area contributed by atoms with Gasteiger partial charge in [0, 0.05) is 13.6 Å². The number of nitriles is 1. The van der Waals surface area contributed by atoms with E-state index in [9.17, 15) is 19.6 Å². The van der Waals surface area contributed by atoms with Gasteiger partial charge in [0.25, 0.3) is 17.4 Å². The maximum atomic E-state index is 13.0. The summed E-state index contributed by atoms with van der Waals surface area (Å²) in [6.07, 6.45) is 1.41. The van der Waals surface area contributed by atoms with E-state index in [0.717, 1.165) is 0 Å². The number of hydrogen-bond donors (Lipinski definition) is 2. The van der Waals surface area contributed by atoms with Gasteiger partial charge in [0.15, 0.2) is 6.61 Å². The molecule has 9 heteroatoms. The van der Waals surface area contributed by atoms with Gasteiger partial charge in [-0.2, -0.15) is 5.26 Å². The summed E-state index contributed by atoms with van der Waals surface area (Å²) >= 11 is 0. The third-order valence-electron chi connectivity index (χ3n) is 5.09.